The third kappa shape index (κ3) is 2.14. The highest BCUT2D eigenvalue weighted by Gasteiger charge is 2.42. The third-order valence-corrected chi connectivity index (χ3v) is 3.17. The van der Waals surface area contributed by atoms with Gasteiger partial charge in [0, 0.05) is 6.42 Å². The van der Waals surface area contributed by atoms with Crippen LogP contribution in [0, 0.1) is 0 Å². The Bertz CT molecular complexity index is 250. The van der Waals surface area contributed by atoms with Crippen molar-refractivity contribution >= 4 is 5.97 Å². The highest BCUT2D eigenvalue weighted by Crippen LogP contribution is 2.30. The van der Waals surface area contributed by atoms with Crippen molar-refractivity contribution in [3.8, 4) is 0 Å². The molecule has 2 rings (SSSR count). The first-order chi connectivity index (χ1) is 7.13. The Balaban J connectivity index is 2.00. The highest BCUT2D eigenvalue weighted by atomic mass is 16.7. The second-order valence-electron chi connectivity index (χ2n) is 4.20. The van der Waals surface area contributed by atoms with Crippen molar-refractivity contribution in [3.05, 3.63) is 0 Å². The number of rotatable bonds is 2. The molecule has 0 radical (unpaired) electrons. The maximum atomic E-state index is 10.9. The van der Waals surface area contributed by atoms with Crippen molar-refractivity contribution in [2.24, 2.45) is 0 Å². The number of ether oxygens (including phenoxy) is 2. The van der Waals surface area contributed by atoms with Crippen LogP contribution in [-0.4, -0.2) is 54.1 Å². The average Bonchev–Trinajstić information content (AvgIpc) is 2.65. The molecular weight excluding hydrogens is 198 g/mol. The molecule has 0 aromatic carbocycles. The van der Waals surface area contributed by atoms with Gasteiger partial charge in [0.15, 0.2) is 5.79 Å². The largest absolute Gasteiger partial charge is 0.480 e. The summed E-state index contributed by atoms with van der Waals surface area (Å²) in [6.07, 6.45) is 1.80. The van der Waals surface area contributed by atoms with E-state index in [-0.39, 0.29) is 0 Å². The number of piperidine rings is 1. The summed E-state index contributed by atoms with van der Waals surface area (Å²) in [5.41, 5.74) is 0. The van der Waals surface area contributed by atoms with Crippen molar-refractivity contribution in [2.45, 2.75) is 31.6 Å². The maximum absolute atomic E-state index is 10.9. The Hall–Kier alpha value is -0.650. The number of nitrogens with zero attached hydrogens (tertiary/aromatic N) is 1. The zero-order valence-corrected chi connectivity index (χ0v) is 8.94. The van der Waals surface area contributed by atoms with Crippen molar-refractivity contribution in [1.82, 2.24) is 4.90 Å². The fourth-order valence-electron chi connectivity index (χ4n) is 2.24. The van der Waals surface area contributed by atoms with Gasteiger partial charge in [-0.3, -0.25) is 9.69 Å². The summed E-state index contributed by atoms with van der Waals surface area (Å²) in [5, 5.41) is 8.94. The Morgan fingerprint density at radius 3 is 2.73 bits per heavy atom. The molecule has 2 heterocycles. The van der Waals surface area contributed by atoms with E-state index < -0.39 is 17.8 Å². The number of aliphatic carboxylic acids is 1. The van der Waals surface area contributed by atoms with Crippen LogP contribution in [0.25, 0.3) is 0 Å². The first kappa shape index (κ1) is 10.9. The van der Waals surface area contributed by atoms with Crippen LogP contribution in [0.15, 0.2) is 0 Å². The Kier molecular flexibility index (Phi) is 2.95. The minimum atomic E-state index is -0.787. The number of carboxylic acids is 1. The number of likely N-dealkylation sites (tertiary alicyclic amines) is 1. The summed E-state index contributed by atoms with van der Waals surface area (Å²) in [5.74, 6) is -1.31. The molecule has 2 saturated heterocycles. The molecule has 15 heavy (non-hydrogen) atoms. The topological polar surface area (TPSA) is 59.0 Å². The highest BCUT2D eigenvalue weighted by molar-refractivity contribution is 5.72. The molecule has 2 aliphatic rings. The van der Waals surface area contributed by atoms with Crippen LogP contribution in [-0.2, 0) is 14.3 Å². The Labute approximate surface area is 89.0 Å². The van der Waals surface area contributed by atoms with Gasteiger partial charge in [-0.15, -0.1) is 0 Å². The molecule has 5 heteroatoms. The molecule has 0 aromatic heterocycles. The molecule has 0 aliphatic carbocycles. The van der Waals surface area contributed by atoms with Gasteiger partial charge in [-0.1, -0.05) is 0 Å². The number of carboxylic acid groups (broad SMARTS) is 1. The molecule has 1 atom stereocenters. The lowest BCUT2D eigenvalue weighted by molar-refractivity contribution is -0.195. The second-order valence-corrected chi connectivity index (χ2v) is 4.20. The van der Waals surface area contributed by atoms with E-state index in [0.29, 0.717) is 19.8 Å². The predicted octanol–water partition coefficient (Wildman–Crippen LogP) is 0.298. The molecule has 2 aliphatic heterocycles. The SMILES string of the molecule is CC(C(=O)O)N1CCCC2(C1)OCCO2. The van der Waals surface area contributed by atoms with E-state index in [1.807, 2.05) is 4.90 Å². The summed E-state index contributed by atoms with van der Waals surface area (Å²) in [6, 6.07) is -0.463. The molecular formula is C10H17NO4. The summed E-state index contributed by atoms with van der Waals surface area (Å²) >= 11 is 0. The first-order valence-corrected chi connectivity index (χ1v) is 5.38. The Morgan fingerprint density at radius 2 is 2.13 bits per heavy atom. The van der Waals surface area contributed by atoms with Gasteiger partial charge in [0.2, 0.25) is 0 Å². The molecule has 5 nitrogen and oxygen atoms in total. The van der Waals surface area contributed by atoms with E-state index in [2.05, 4.69) is 0 Å². The van der Waals surface area contributed by atoms with Gasteiger partial charge in [0.05, 0.1) is 19.8 Å². The minimum Gasteiger partial charge on any atom is -0.480 e. The van der Waals surface area contributed by atoms with Crippen molar-refractivity contribution in [3.63, 3.8) is 0 Å². The molecule has 1 N–H and O–H groups in total. The summed E-state index contributed by atoms with van der Waals surface area (Å²) in [4.78, 5) is 12.8. The Morgan fingerprint density at radius 1 is 1.47 bits per heavy atom. The first-order valence-electron chi connectivity index (χ1n) is 5.38. The van der Waals surface area contributed by atoms with Crippen LogP contribution in [0.1, 0.15) is 19.8 Å². The van der Waals surface area contributed by atoms with E-state index in [1.165, 1.54) is 0 Å². The monoisotopic (exact) mass is 215 g/mol. The van der Waals surface area contributed by atoms with Crippen LogP contribution in [0.5, 0.6) is 0 Å². The lowest BCUT2D eigenvalue weighted by atomic mass is 10.0. The molecule has 1 spiro atoms. The lowest BCUT2D eigenvalue weighted by Gasteiger charge is -2.40. The second kappa shape index (κ2) is 4.08. The van der Waals surface area contributed by atoms with Crippen LogP contribution < -0.4 is 0 Å². The van der Waals surface area contributed by atoms with Gasteiger partial charge < -0.3 is 14.6 Å². The zero-order valence-electron chi connectivity index (χ0n) is 8.94. The fraction of sp³-hybridized carbons (Fsp3) is 0.900. The van der Waals surface area contributed by atoms with Crippen LogP contribution in [0.2, 0.25) is 0 Å². The minimum absolute atomic E-state index is 0.463. The van der Waals surface area contributed by atoms with Gasteiger partial charge in [0.1, 0.15) is 6.04 Å². The summed E-state index contributed by atoms with van der Waals surface area (Å²) < 4.78 is 11.2. The molecule has 0 saturated carbocycles. The molecule has 0 bridgehead atoms. The number of carbonyl (C=O) groups is 1. The predicted molar refractivity (Wildman–Crippen MR) is 52.5 cm³/mol. The smallest absolute Gasteiger partial charge is 0.320 e. The standard InChI is InChI=1S/C10H17NO4/c1-8(9(12)13)11-4-2-3-10(7-11)14-5-6-15-10/h8H,2-7H2,1H3,(H,12,13). The maximum Gasteiger partial charge on any atom is 0.320 e. The van der Waals surface area contributed by atoms with Gasteiger partial charge in [0.25, 0.3) is 0 Å². The summed E-state index contributed by atoms with van der Waals surface area (Å²) in [7, 11) is 0. The fourth-order valence-corrected chi connectivity index (χ4v) is 2.24. The molecule has 0 amide bonds. The van der Waals surface area contributed by atoms with E-state index in [1.54, 1.807) is 6.92 Å². The van der Waals surface area contributed by atoms with Crippen LogP contribution in [0.3, 0.4) is 0 Å². The van der Waals surface area contributed by atoms with Crippen molar-refractivity contribution in [2.75, 3.05) is 26.3 Å². The van der Waals surface area contributed by atoms with E-state index >= 15 is 0 Å². The quantitative estimate of drug-likeness (QED) is 0.718. The average molecular weight is 215 g/mol. The lowest BCUT2D eigenvalue weighted by Crippen LogP contribution is -2.53. The van der Waals surface area contributed by atoms with E-state index in [9.17, 15) is 4.79 Å². The van der Waals surface area contributed by atoms with Crippen molar-refractivity contribution < 1.29 is 19.4 Å². The third-order valence-electron chi connectivity index (χ3n) is 3.17. The van der Waals surface area contributed by atoms with E-state index in [4.69, 9.17) is 14.6 Å². The molecule has 0 aromatic rings. The van der Waals surface area contributed by atoms with Crippen molar-refractivity contribution in [1.29, 1.82) is 0 Å². The molecule has 1 unspecified atom stereocenters. The molecule has 86 valence electrons. The van der Waals surface area contributed by atoms with Gasteiger partial charge in [-0.25, -0.2) is 0 Å². The molecule has 2 fully saturated rings. The van der Waals surface area contributed by atoms with E-state index in [0.717, 1.165) is 19.4 Å². The zero-order chi connectivity index (χ0) is 10.9. The number of hydrogen-bond acceptors (Lipinski definition) is 4. The van der Waals surface area contributed by atoms with Gasteiger partial charge in [-0.05, 0) is 19.9 Å². The summed E-state index contributed by atoms with van der Waals surface area (Å²) in [6.45, 7) is 4.32. The van der Waals surface area contributed by atoms with Gasteiger partial charge in [-0.2, -0.15) is 0 Å². The number of hydrogen-bond donors (Lipinski definition) is 1. The van der Waals surface area contributed by atoms with Gasteiger partial charge >= 0.3 is 5.97 Å². The normalized spacial score (nSPS) is 28.1. The van der Waals surface area contributed by atoms with Crippen LogP contribution >= 0.6 is 0 Å². The van der Waals surface area contributed by atoms with Crippen LogP contribution in [0.4, 0.5) is 0 Å².